The number of amidine groups is 2. The second kappa shape index (κ2) is 22.5. The Bertz CT molecular complexity index is 2550. The van der Waals surface area contributed by atoms with E-state index in [1.54, 1.807) is 84.6 Å². The van der Waals surface area contributed by atoms with E-state index in [1.165, 1.54) is 4.90 Å². The SMILES string of the molecule is CCOC(=O)CN1CCN(CC2CN(c3ccc(C(=N)NC(=O)c4ccc(C)cc4)cc3)C(=O)O2)CC1.Cc1ccc(C(=O)NC(=N)c2ccc(N3CC(COS(C)(=O)=O)OC3=O)cc2)cc1. The minimum atomic E-state index is -3.63. The summed E-state index contributed by atoms with van der Waals surface area (Å²) in [5, 5.41) is 21.5. The van der Waals surface area contributed by atoms with Gasteiger partial charge < -0.3 is 24.8 Å². The number of benzene rings is 4. The molecule has 19 nitrogen and oxygen atoms in total. The maximum absolute atomic E-state index is 12.5. The highest BCUT2D eigenvalue weighted by Gasteiger charge is 2.35. The van der Waals surface area contributed by atoms with Crippen LogP contribution in [0.15, 0.2) is 97.1 Å². The van der Waals surface area contributed by atoms with E-state index >= 15 is 0 Å². The fourth-order valence-electron chi connectivity index (χ4n) is 7.19. The quantitative estimate of drug-likeness (QED) is 0.0454. The van der Waals surface area contributed by atoms with Crippen LogP contribution < -0.4 is 20.4 Å². The van der Waals surface area contributed by atoms with Gasteiger partial charge >= 0.3 is 18.2 Å². The van der Waals surface area contributed by atoms with Gasteiger partial charge in [-0.1, -0.05) is 35.4 Å². The second-order valence-electron chi connectivity index (χ2n) is 16.1. The largest absolute Gasteiger partial charge is 0.465 e. The van der Waals surface area contributed by atoms with Crippen LogP contribution in [0.5, 0.6) is 0 Å². The second-order valence-corrected chi connectivity index (χ2v) is 17.7. The maximum Gasteiger partial charge on any atom is 0.414 e. The standard InChI is InChI=1S/C27H33N5O5.C20H21N3O6S/c1-3-36-24(33)18-31-14-12-30(13-15-31)16-23-17-32(27(35)37-23)22-10-8-20(9-11-22)25(28)29-26(34)21-6-4-19(2)5-7-21;1-13-3-5-15(6-4-13)19(24)22-18(21)14-7-9-16(10-8-14)23-11-17(29-20(23)25)12-28-30(2,26)27/h4-11,23H,3,12-18H2,1-2H3,(H2,28,29,34);3-10,17H,11-12H2,1-2H3,(H2,21,22,24). The fourth-order valence-corrected chi connectivity index (χ4v) is 7.59. The number of carbonyl (C=O) groups excluding carboxylic acids is 5. The summed E-state index contributed by atoms with van der Waals surface area (Å²) in [7, 11) is -3.63. The molecule has 0 radical (unpaired) electrons. The van der Waals surface area contributed by atoms with E-state index in [9.17, 15) is 32.4 Å². The molecule has 0 spiro atoms. The zero-order chi connectivity index (χ0) is 48.3. The first-order chi connectivity index (χ1) is 31.9. The molecule has 0 saturated carbocycles. The number of anilines is 2. The van der Waals surface area contributed by atoms with Crippen LogP contribution >= 0.6 is 0 Å². The molecule has 354 valence electrons. The topological polar surface area (TPSA) is 241 Å². The van der Waals surface area contributed by atoms with Crippen molar-refractivity contribution >= 4 is 63.1 Å². The zero-order valence-corrected chi connectivity index (χ0v) is 38.5. The molecule has 0 bridgehead atoms. The van der Waals surface area contributed by atoms with E-state index in [-0.39, 0.29) is 48.7 Å². The number of rotatable bonds is 14. The first kappa shape index (κ1) is 49.4. The third-order valence-corrected chi connectivity index (χ3v) is 11.4. The molecule has 2 atom stereocenters. The molecule has 0 aliphatic carbocycles. The molecule has 3 fully saturated rings. The Labute approximate surface area is 389 Å². The number of aryl methyl sites for hydroxylation is 2. The molecule has 3 heterocycles. The summed E-state index contributed by atoms with van der Waals surface area (Å²) in [4.78, 5) is 68.2. The van der Waals surface area contributed by atoms with Crippen molar-refractivity contribution in [3.8, 4) is 0 Å². The van der Waals surface area contributed by atoms with Gasteiger partial charge in [0.05, 0.1) is 32.5 Å². The highest BCUT2D eigenvalue weighted by Crippen LogP contribution is 2.24. The van der Waals surface area contributed by atoms with Crippen LogP contribution in [0.4, 0.5) is 21.0 Å². The Kier molecular flexibility index (Phi) is 16.6. The van der Waals surface area contributed by atoms with Crippen molar-refractivity contribution in [1.82, 2.24) is 20.4 Å². The predicted molar refractivity (Wildman–Crippen MR) is 249 cm³/mol. The Morgan fingerprint density at radius 1 is 0.642 bits per heavy atom. The normalized spacial score (nSPS) is 17.4. The number of cyclic esters (lactones) is 2. The number of hydrogen-bond acceptors (Lipinski definition) is 15. The van der Waals surface area contributed by atoms with Crippen LogP contribution in [0.25, 0.3) is 0 Å². The van der Waals surface area contributed by atoms with Gasteiger partial charge in [0.25, 0.3) is 21.9 Å². The smallest absolute Gasteiger partial charge is 0.414 e. The molecule has 3 aliphatic heterocycles. The van der Waals surface area contributed by atoms with Gasteiger partial charge in [0.2, 0.25) is 0 Å². The molecule has 3 aliphatic rings. The summed E-state index contributed by atoms with van der Waals surface area (Å²) >= 11 is 0. The van der Waals surface area contributed by atoms with Gasteiger partial charge in [0, 0.05) is 66.4 Å². The van der Waals surface area contributed by atoms with Gasteiger partial charge in [0.1, 0.15) is 30.5 Å². The summed E-state index contributed by atoms with van der Waals surface area (Å²) < 4.78 is 42.6. The molecule has 3 saturated heterocycles. The lowest BCUT2D eigenvalue weighted by Gasteiger charge is -2.34. The van der Waals surface area contributed by atoms with E-state index < -0.39 is 28.4 Å². The van der Waals surface area contributed by atoms with E-state index in [4.69, 9.17) is 25.0 Å². The van der Waals surface area contributed by atoms with Crippen LogP contribution in [0.1, 0.15) is 49.9 Å². The number of nitrogens with zero attached hydrogens (tertiary/aromatic N) is 4. The minimum absolute atomic E-state index is 0.0129. The Hall–Kier alpha value is -7.00. The van der Waals surface area contributed by atoms with E-state index in [1.807, 2.05) is 38.1 Å². The Balaban J connectivity index is 0.000000226. The molecule has 4 aromatic carbocycles. The van der Waals surface area contributed by atoms with Crippen molar-refractivity contribution in [2.75, 3.05) is 81.6 Å². The first-order valence-electron chi connectivity index (χ1n) is 21.5. The number of carbonyl (C=O) groups is 5. The van der Waals surface area contributed by atoms with Crippen molar-refractivity contribution in [3.05, 3.63) is 130 Å². The van der Waals surface area contributed by atoms with Gasteiger partial charge in [-0.15, -0.1) is 0 Å². The number of piperazine rings is 1. The van der Waals surface area contributed by atoms with Gasteiger partial charge in [-0.25, -0.2) is 9.59 Å². The summed E-state index contributed by atoms with van der Waals surface area (Å²) in [6.07, 6.45) is -1.06. The van der Waals surface area contributed by atoms with E-state index in [0.29, 0.717) is 59.9 Å². The van der Waals surface area contributed by atoms with Gasteiger partial charge in [-0.2, -0.15) is 8.42 Å². The van der Waals surface area contributed by atoms with Gasteiger partial charge in [-0.3, -0.25) is 49.0 Å². The summed E-state index contributed by atoms with van der Waals surface area (Å²) in [5.41, 5.74) is 5.21. The number of amides is 4. The molecule has 2 unspecified atom stereocenters. The molecular weight excluding hydrogens is 885 g/mol. The van der Waals surface area contributed by atoms with Crippen LogP contribution in [0, 0.1) is 24.7 Å². The van der Waals surface area contributed by atoms with Crippen molar-refractivity contribution < 1.29 is 50.8 Å². The fraction of sp³-hybridized carbons (Fsp3) is 0.340. The zero-order valence-electron chi connectivity index (χ0n) is 37.7. The number of hydrogen-bond donors (Lipinski definition) is 4. The molecule has 20 heteroatoms. The first-order valence-corrected chi connectivity index (χ1v) is 23.3. The van der Waals surface area contributed by atoms with Crippen LogP contribution in [-0.4, -0.2) is 144 Å². The molecule has 4 N–H and O–H groups in total. The average Bonchev–Trinajstić information content (AvgIpc) is 3.87. The molecule has 67 heavy (non-hydrogen) atoms. The van der Waals surface area contributed by atoms with Gasteiger partial charge in [0.15, 0.2) is 0 Å². The number of esters is 1. The predicted octanol–water partition coefficient (Wildman–Crippen LogP) is 4.31. The molecule has 4 amide bonds. The third kappa shape index (κ3) is 14.2. The van der Waals surface area contributed by atoms with Gasteiger partial charge in [-0.05, 0) is 93.6 Å². The monoisotopic (exact) mass is 938 g/mol. The lowest BCUT2D eigenvalue weighted by molar-refractivity contribution is -0.144. The van der Waals surface area contributed by atoms with E-state index in [2.05, 4.69) is 24.6 Å². The number of nitrogens with one attached hydrogen (secondary N) is 4. The molecule has 0 aromatic heterocycles. The lowest BCUT2D eigenvalue weighted by atomic mass is 10.1. The van der Waals surface area contributed by atoms with Crippen molar-refractivity contribution in [2.24, 2.45) is 0 Å². The van der Waals surface area contributed by atoms with Crippen LogP contribution in [-0.2, 0) is 33.3 Å². The summed E-state index contributed by atoms with van der Waals surface area (Å²) in [6, 6.07) is 27.5. The summed E-state index contributed by atoms with van der Waals surface area (Å²) in [5.74, 6) is -1.02. The number of ether oxygens (including phenoxy) is 3. The highest BCUT2D eigenvalue weighted by atomic mass is 32.2. The maximum atomic E-state index is 12.5. The lowest BCUT2D eigenvalue weighted by Crippen LogP contribution is -2.50. The summed E-state index contributed by atoms with van der Waals surface area (Å²) in [6.45, 7) is 10.4. The average molecular weight is 939 g/mol. The van der Waals surface area contributed by atoms with E-state index in [0.717, 1.165) is 43.6 Å². The van der Waals surface area contributed by atoms with Crippen molar-refractivity contribution in [2.45, 2.75) is 33.0 Å². The molecule has 7 rings (SSSR count). The molecular formula is C47H54N8O11S. The van der Waals surface area contributed by atoms with Crippen LogP contribution in [0.2, 0.25) is 0 Å². The van der Waals surface area contributed by atoms with Crippen molar-refractivity contribution in [3.63, 3.8) is 0 Å². The highest BCUT2D eigenvalue weighted by molar-refractivity contribution is 7.86. The van der Waals surface area contributed by atoms with Crippen molar-refractivity contribution in [1.29, 1.82) is 10.8 Å². The third-order valence-electron chi connectivity index (χ3n) is 10.8. The Morgan fingerprint density at radius 2 is 1.04 bits per heavy atom. The molecule has 4 aromatic rings. The Morgan fingerprint density at radius 3 is 1.48 bits per heavy atom. The minimum Gasteiger partial charge on any atom is -0.465 e. The van der Waals surface area contributed by atoms with Crippen LogP contribution in [0.3, 0.4) is 0 Å².